The summed E-state index contributed by atoms with van der Waals surface area (Å²) >= 11 is 5.96. The fraction of sp³-hybridized carbons (Fsp3) is 0.333. The molecule has 0 saturated heterocycles. The van der Waals surface area contributed by atoms with Crippen molar-refractivity contribution in [2.24, 2.45) is 0 Å². The first kappa shape index (κ1) is 20.0. The third-order valence-corrected chi connectivity index (χ3v) is 4.47. The van der Waals surface area contributed by atoms with Crippen LogP contribution >= 0.6 is 11.6 Å². The second-order valence-corrected chi connectivity index (χ2v) is 6.57. The summed E-state index contributed by atoms with van der Waals surface area (Å²) in [7, 11) is 0. The molecule has 0 aromatic heterocycles. The molecular weight excluding hydrogens is 348 g/mol. The molecule has 2 aromatic rings. The summed E-state index contributed by atoms with van der Waals surface area (Å²) in [4.78, 5) is 25.9. The molecule has 0 atom stereocenters. The smallest absolute Gasteiger partial charge is 0.223 e. The van der Waals surface area contributed by atoms with Crippen molar-refractivity contribution >= 4 is 29.1 Å². The van der Waals surface area contributed by atoms with Gasteiger partial charge in [0.1, 0.15) is 0 Å². The average Bonchev–Trinajstić information content (AvgIpc) is 2.62. The van der Waals surface area contributed by atoms with Crippen LogP contribution in [0.3, 0.4) is 0 Å². The number of halogens is 1. The summed E-state index contributed by atoms with van der Waals surface area (Å²) in [6.45, 7) is 4.50. The molecule has 0 fully saturated rings. The zero-order valence-electron chi connectivity index (χ0n) is 15.3. The molecule has 0 spiro atoms. The van der Waals surface area contributed by atoms with E-state index in [2.05, 4.69) is 12.2 Å². The number of carbonyl (C=O) groups excluding carboxylic acids is 2. The van der Waals surface area contributed by atoms with Crippen molar-refractivity contribution in [3.05, 3.63) is 64.7 Å². The van der Waals surface area contributed by atoms with E-state index < -0.39 is 0 Å². The molecule has 0 aliphatic carbocycles. The monoisotopic (exact) mass is 372 g/mol. The van der Waals surface area contributed by atoms with Gasteiger partial charge in [-0.3, -0.25) is 9.59 Å². The van der Waals surface area contributed by atoms with E-state index in [1.54, 1.807) is 4.90 Å². The summed E-state index contributed by atoms with van der Waals surface area (Å²) in [5.74, 6) is -0.120. The molecule has 0 aliphatic rings. The van der Waals surface area contributed by atoms with E-state index in [-0.39, 0.29) is 18.2 Å². The van der Waals surface area contributed by atoms with Crippen LogP contribution in [-0.2, 0) is 22.4 Å². The highest BCUT2D eigenvalue weighted by Crippen LogP contribution is 2.21. The van der Waals surface area contributed by atoms with E-state index in [1.165, 1.54) is 6.92 Å². The fourth-order valence-corrected chi connectivity index (χ4v) is 3.07. The molecule has 0 unspecified atom stereocenters. The number of rotatable bonds is 8. The van der Waals surface area contributed by atoms with Gasteiger partial charge in [0.25, 0.3) is 0 Å². The van der Waals surface area contributed by atoms with Crippen molar-refractivity contribution in [2.75, 3.05) is 18.0 Å². The molecule has 0 saturated carbocycles. The number of hydrogen-bond donors (Lipinski definition) is 1. The first-order valence-corrected chi connectivity index (χ1v) is 9.26. The van der Waals surface area contributed by atoms with Crippen molar-refractivity contribution in [3.63, 3.8) is 0 Å². The molecule has 26 heavy (non-hydrogen) atoms. The van der Waals surface area contributed by atoms with Gasteiger partial charge < -0.3 is 10.2 Å². The predicted molar refractivity (Wildman–Crippen MR) is 107 cm³/mol. The largest absolute Gasteiger partial charge is 0.356 e. The van der Waals surface area contributed by atoms with Crippen LogP contribution in [0.5, 0.6) is 0 Å². The van der Waals surface area contributed by atoms with Gasteiger partial charge in [-0.15, -0.1) is 0 Å². The SMILES string of the molecule is CCc1ccccc1N(CCC(=O)NCCc1cccc(Cl)c1)C(C)=O. The number of carbonyl (C=O) groups is 2. The van der Waals surface area contributed by atoms with Crippen molar-refractivity contribution in [1.82, 2.24) is 5.32 Å². The van der Waals surface area contributed by atoms with Gasteiger partial charge in [-0.25, -0.2) is 0 Å². The zero-order chi connectivity index (χ0) is 18.9. The lowest BCUT2D eigenvalue weighted by atomic mass is 10.1. The molecule has 5 heteroatoms. The minimum Gasteiger partial charge on any atom is -0.356 e. The summed E-state index contributed by atoms with van der Waals surface area (Å²) < 4.78 is 0. The Hall–Kier alpha value is -2.33. The normalized spacial score (nSPS) is 10.4. The van der Waals surface area contributed by atoms with E-state index in [0.29, 0.717) is 18.1 Å². The highest BCUT2D eigenvalue weighted by Gasteiger charge is 2.15. The van der Waals surface area contributed by atoms with Crippen LogP contribution in [0.15, 0.2) is 48.5 Å². The summed E-state index contributed by atoms with van der Waals surface area (Å²) in [5.41, 5.74) is 3.07. The number of nitrogens with zero attached hydrogens (tertiary/aromatic N) is 1. The maximum absolute atomic E-state index is 12.1. The third-order valence-electron chi connectivity index (χ3n) is 4.23. The van der Waals surface area contributed by atoms with Gasteiger partial charge in [0.15, 0.2) is 0 Å². The Kier molecular flexibility index (Phi) is 7.67. The Balaban J connectivity index is 1.86. The van der Waals surface area contributed by atoms with E-state index in [9.17, 15) is 9.59 Å². The number of nitrogens with one attached hydrogen (secondary N) is 1. The Labute approximate surface area is 160 Å². The molecule has 0 bridgehead atoms. The van der Waals surface area contributed by atoms with Gasteiger partial charge in [0.05, 0.1) is 0 Å². The number of amides is 2. The van der Waals surface area contributed by atoms with Crippen molar-refractivity contribution in [2.45, 2.75) is 33.1 Å². The maximum Gasteiger partial charge on any atom is 0.223 e. The van der Waals surface area contributed by atoms with Gasteiger partial charge in [-0.2, -0.15) is 0 Å². The van der Waals surface area contributed by atoms with E-state index in [0.717, 1.165) is 29.7 Å². The van der Waals surface area contributed by atoms with Gasteiger partial charge >= 0.3 is 0 Å². The number of anilines is 1. The van der Waals surface area contributed by atoms with E-state index in [4.69, 9.17) is 11.6 Å². The number of benzene rings is 2. The minimum absolute atomic E-state index is 0.0578. The van der Waals surface area contributed by atoms with E-state index >= 15 is 0 Å². The van der Waals surface area contributed by atoms with Crippen LogP contribution in [-0.4, -0.2) is 24.9 Å². The molecule has 0 radical (unpaired) electrons. The van der Waals surface area contributed by atoms with Gasteiger partial charge in [-0.1, -0.05) is 48.9 Å². The quantitative estimate of drug-likeness (QED) is 0.761. The molecule has 2 aromatic carbocycles. The molecule has 138 valence electrons. The predicted octanol–water partition coefficient (Wildman–Crippen LogP) is 4.00. The highest BCUT2D eigenvalue weighted by molar-refractivity contribution is 6.30. The first-order chi connectivity index (χ1) is 12.5. The molecule has 0 heterocycles. The van der Waals surface area contributed by atoms with Crippen LogP contribution in [0.1, 0.15) is 31.4 Å². The van der Waals surface area contributed by atoms with E-state index in [1.807, 2.05) is 48.5 Å². The fourth-order valence-electron chi connectivity index (χ4n) is 2.86. The zero-order valence-corrected chi connectivity index (χ0v) is 16.1. The van der Waals surface area contributed by atoms with Crippen molar-refractivity contribution < 1.29 is 9.59 Å². The topological polar surface area (TPSA) is 49.4 Å². The van der Waals surface area contributed by atoms with Crippen LogP contribution < -0.4 is 10.2 Å². The molecular formula is C21H25ClN2O2. The summed E-state index contributed by atoms with van der Waals surface area (Å²) in [5, 5.41) is 3.60. The summed E-state index contributed by atoms with van der Waals surface area (Å²) in [6, 6.07) is 15.4. The average molecular weight is 373 g/mol. The second-order valence-electron chi connectivity index (χ2n) is 6.13. The van der Waals surface area contributed by atoms with Crippen LogP contribution in [0.2, 0.25) is 5.02 Å². The molecule has 1 N–H and O–H groups in total. The number of hydrogen-bond acceptors (Lipinski definition) is 2. The lowest BCUT2D eigenvalue weighted by molar-refractivity contribution is -0.121. The first-order valence-electron chi connectivity index (χ1n) is 8.88. The summed E-state index contributed by atoms with van der Waals surface area (Å²) in [6.07, 6.45) is 1.83. The Morgan fingerprint density at radius 3 is 2.58 bits per heavy atom. The van der Waals surface area contributed by atoms with Crippen molar-refractivity contribution in [3.8, 4) is 0 Å². The van der Waals surface area contributed by atoms with Crippen LogP contribution in [0.25, 0.3) is 0 Å². The minimum atomic E-state index is -0.0627. The second kappa shape index (κ2) is 9.97. The highest BCUT2D eigenvalue weighted by atomic mass is 35.5. The molecule has 2 amide bonds. The molecule has 2 rings (SSSR count). The molecule has 0 aliphatic heterocycles. The maximum atomic E-state index is 12.1. The number of para-hydroxylation sites is 1. The number of aryl methyl sites for hydroxylation is 1. The van der Waals surface area contributed by atoms with Gasteiger partial charge in [0.2, 0.25) is 11.8 Å². The van der Waals surface area contributed by atoms with Crippen molar-refractivity contribution in [1.29, 1.82) is 0 Å². The Morgan fingerprint density at radius 1 is 1.12 bits per heavy atom. The molecule has 4 nitrogen and oxygen atoms in total. The Morgan fingerprint density at radius 2 is 1.88 bits per heavy atom. The Bertz CT molecular complexity index is 761. The van der Waals surface area contributed by atoms with Gasteiger partial charge in [0, 0.05) is 37.1 Å². The van der Waals surface area contributed by atoms with Gasteiger partial charge in [-0.05, 0) is 42.2 Å². The van der Waals surface area contributed by atoms with Crippen LogP contribution in [0.4, 0.5) is 5.69 Å². The standard InChI is InChI=1S/C21H25ClN2O2/c1-3-18-8-4-5-10-20(18)24(16(2)25)14-12-21(26)23-13-11-17-7-6-9-19(22)15-17/h4-10,15H,3,11-14H2,1-2H3,(H,23,26). The third kappa shape index (κ3) is 5.88. The lowest BCUT2D eigenvalue weighted by Gasteiger charge is -2.23. The van der Waals surface area contributed by atoms with Crippen LogP contribution in [0, 0.1) is 0 Å². The lowest BCUT2D eigenvalue weighted by Crippen LogP contribution is -2.35.